The predicted molar refractivity (Wildman–Crippen MR) is 92.6 cm³/mol. The lowest BCUT2D eigenvalue weighted by atomic mass is 10.1. The van der Waals surface area contributed by atoms with E-state index in [4.69, 9.17) is 4.42 Å². The Labute approximate surface area is 154 Å². The molecule has 0 radical (unpaired) electrons. The zero-order chi connectivity index (χ0) is 20.6. The molecule has 0 atom stereocenters. The lowest BCUT2D eigenvalue weighted by Gasteiger charge is -2.23. The number of non-ortho nitro benzene ring substituents is 1. The lowest BCUT2D eigenvalue weighted by Crippen LogP contribution is -2.27. The van der Waals surface area contributed by atoms with Crippen LogP contribution in [0.5, 0.6) is 0 Å². The van der Waals surface area contributed by atoms with E-state index in [1.165, 1.54) is 19.2 Å². The average Bonchev–Trinajstić information content (AvgIpc) is 2.60. The van der Waals surface area contributed by atoms with E-state index in [9.17, 15) is 32.5 Å². The second kappa shape index (κ2) is 6.95. The molecule has 1 heterocycles. The molecule has 1 aromatic heterocycles. The highest BCUT2D eigenvalue weighted by molar-refractivity contribution is 5.91. The van der Waals surface area contributed by atoms with E-state index in [-0.39, 0.29) is 6.54 Å². The van der Waals surface area contributed by atoms with E-state index in [1.54, 1.807) is 0 Å². The highest BCUT2D eigenvalue weighted by Crippen LogP contribution is 2.41. The first-order chi connectivity index (χ1) is 13.1. The highest BCUT2D eigenvalue weighted by atomic mass is 19.4. The fraction of sp³-hybridized carbons (Fsp3) is 0.167. The Hall–Kier alpha value is -3.43. The lowest BCUT2D eigenvalue weighted by molar-refractivity contribution is -0.383. The van der Waals surface area contributed by atoms with Crippen molar-refractivity contribution in [2.75, 3.05) is 11.9 Å². The third-order valence-electron chi connectivity index (χ3n) is 4.08. The Bertz CT molecular complexity index is 1110. The standard InChI is InChI=1S/C18H12F4N2O4/c1-23(9-10-5-7-11(19)8-6-10)15-14(18(20,21)22)12-3-2-4-13(24(26)27)16(12)28-17(15)25/h2-8H,9H2,1H3. The van der Waals surface area contributed by atoms with Crippen LogP contribution in [0.3, 0.4) is 0 Å². The van der Waals surface area contributed by atoms with Gasteiger partial charge in [-0.3, -0.25) is 10.1 Å². The molecule has 0 aliphatic heterocycles. The molecular weight excluding hydrogens is 384 g/mol. The number of alkyl halides is 3. The molecule has 0 aliphatic rings. The fourth-order valence-corrected chi connectivity index (χ4v) is 2.92. The van der Waals surface area contributed by atoms with Crippen molar-refractivity contribution in [3.05, 3.63) is 79.9 Å². The molecule has 0 amide bonds. The van der Waals surface area contributed by atoms with Crippen LogP contribution >= 0.6 is 0 Å². The van der Waals surface area contributed by atoms with Crippen LogP contribution in [0.25, 0.3) is 11.0 Å². The van der Waals surface area contributed by atoms with E-state index < -0.39 is 50.4 Å². The topological polar surface area (TPSA) is 76.6 Å². The number of anilines is 1. The monoisotopic (exact) mass is 396 g/mol. The van der Waals surface area contributed by atoms with Crippen LogP contribution in [0.2, 0.25) is 0 Å². The number of hydrogen-bond donors (Lipinski definition) is 0. The molecule has 0 aliphatic carbocycles. The van der Waals surface area contributed by atoms with Crippen molar-refractivity contribution in [1.29, 1.82) is 0 Å². The molecule has 0 spiro atoms. The maximum atomic E-state index is 13.8. The first-order valence-corrected chi connectivity index (χ1v) is 7.86. The quantitative estimate of drug-likeness (QED) is 0.281. The number of para-hydroxylation sites is 1. The molecule has 146 valence electrons. The van der Waals surface area contributed by atoms with Crippen molar-refractivity contribution in [3.8, 4) is 0 Å². The Balaban J connectivity index is 2.24. The van der Waals surface area contributed by atoms with Gasteiger partial charge in [0, 0.05) is 25.0 Å². The Morgan fingerprint density at radius 2 is 1.79 bits per heavy atom. The number of nitro groups is 1. The van der Waals surface area contributed by atoms with Gasteiger partial charge < -0.3 is 9.32 Å². The van der Waals surface area contributed by atoms with Gasteiger partial charge in [0.05, 0.1) is 10.5 Å². The van der Waals surface area contributed by atoms with Gasteiger partial charge in [0.1, 0.15) is 11.5 Å². The van der Waals surface area contributed by atoms with Gasteiger partial charge in [-0.15, -0.1) is 0 Å². The molecule has 6 nitrogen and oxygen atoms in total. The van der Waals surface area contributed by atoms with Crippen molar-refractivity contribution >= 4 is 22.3 Å². The van der Waals surface area contributed by atoms with Crippen molar-refractivity contribution in [2.24, 2.45) is 0 Å². The third-order valence-corrected chi connectivity index (χ3v) is 4.08. The number of hydrogen-bond acceptors (Lipinski definition) is 5. The highest BCUT2D eigenvalue weighted by Gasteiger charge is 2.40. The van der Waals surface area contributed by atoms with Crippen LogP contribution in [0, 0.1) is 15.9 Å². The van der Waals surface area contributed by atoms with Crippen LogP contribution in [0.4, 0.5) is 28.9 Å². The molecular formula is C18H12F4N2O4. The minimum atomic E-state index is -4.98. The van der Waals surface area contributed by atoms with Crippen LogP contribution in [0.1, 0.15) is 11.1 Å². The van der Waals surface area contributed by atoms with Gasteiger partial charge in [-0.25, -0.2) is 9.18 Å². The maximum absolute atomic E-state index is 13.8. The average molecular weight is 396 g/mol. The second-order valence-corrected chi connectivity index (χ2v) is 6.00. The van der Waals surface area contributed by atoms with Crippen molar-refractivity contribution < 1.29 is 26.9 Å². The minimum absolute atomic E-state index is 0.144. The number of halogens is 4. The van der Waals surface area contributed by atoms with Gasteiger partial charge in [-0.2, -0.15) is 13.2 Å². The molecule has 10 heteroatoms. The molecule has 3 rings (SSSR count). The van der Waals surface area contributed by atoms with E-state index in [0.29, 0.717) is 5.56 Å². The zero-order valence-electron chi connectivity index (χ0n) is 14.3. The van der Waals surface area contributed by atoms with Gasteiger partial charge in [0.25, 0.3) is 0 Å². The fourth-order valence-electron chi connectivity index (χ4n) is 2.92. The Kier molecular flexibility index (Phi) is 4.80. The van der Waals surface area contributed by atoms with Gasteiger partial charge in [0.2, 0.25) is 5.58 Å². The number of nitro benzene ring substituents is 1. The molecule has 0 saturated heterocycles. The first kappa shape index (κ1) is 19.3. The molecule has 0 unspecified atom stereocenters. The summed E-state index contributed by atoms with van der Waals surface area (Å²) in [4.78, 5) is 23.6. The van der Waals surface area contributed by atoms with E-state index >= 15 is 0 Å². The SMILES string of the molecule is CN(Cc1ccc(F)cc1)c1c(C(F)(F)F)c2cccc([N+](=O)[O-])c2oc1=O. The molecule has 0 fully saturated rings. The summed E-state index contributed by atoms with van der Waals surface area (Å²) in [6, 6.07) is 8.05. The van der Waals surface area contributed by atoms with E-state index in [1.807, 2.05) is 0 Å². The zero-order valence-corrected chi connectivity index (χ0v) is 14.3. The van der Waals surface area contributed by atoms with Gasteiger partial charge in [-0.1, -0.05) is 24.3 Å². The Morgan fingerprint density at radius 1 is 1.14 bits per heavy atom. The van der Waals surface area contributed by atoms with E-state index in [2.05, 4.69) is 0 Å². The molecule has 28 heavy (non-hydrogen) atoms. The summed E-state index contributed by atoms with van der Waals surface area (Å²) in [7, 11) is 1.24. The molecule has 3 aromatic rings. The third kappa shape index (κ3) is 3.53. The van der Waals surface area contributed by atoms with Gasteiger partial charge >= 0.3 is 17.5 Å². The normalized spacial score (nSPS) is 11.6. The number of fused-ring (bicyclic) bond motifs is 1. The Morgan fingerprint density at radius 3 is 2.36 bits per heavy atom. The summed E-state index contributed by atoms with van der Waals surface area (Å²) in [5.74, 6) is -0.514. The smallest absolute Gasteiger partial charge is 0.414 e. The summed E-state index contributed by atoms with van der Waals surface area (Å²) in [6.07, 6.45) is -4.98. The van der Waals surface area contributed by atoms with Crippen LogP contribution in [0.15, 0.2) is 51.7 Å². The summed E-state index contributed by atoms with van der Waals surface area (Å²) < 4.78 is 59.4. The largest absolute Gasteiger partial charge is 0.419 e. The van der Waals surface area contributed by atoms with E-state index in [0.717, 1.165) is 35.2 Å². The molecule has 0 N–H and O–H groups in total. The second-order valence-electron chi connectivity index (χ2n) is 6.00. The number of rotatable bonds is 4. The van der Waals surface area contributed by atoms with Crippen LogP contribution in [-0.4, -0.2) is 12.0 Å². The minimum Gasteiger partial charge on any atom is -0.414 e. The van der Waals surface area contributed by atoms with Gasteiger partial charge in [0.15, 0.2) is 0 Å². The van der Waals surface area contributed by atoms with Crippen LogP contribution < -0.4 is 10.5 Å². The summed E-state index contributed by atoms with van der Waals surface area (Å²) in [5.41, 5.74) is -4.51. The number of nitrogens with zero attached hydrogens (tertiary/aromatic N) is 2. The summed E-state index contributed by atoms with van der Waals surface area (Å²) >= 11 is 0. The predicted octanol–water partition coefficient (Wildman–Crippen LogP) is 4.50. The molecule has 0 bridgehead atoms. The molecule has 2 aromatic carbocycles. The summed E-state index contributed by atoms with van der Waals surface area (Å²) in [6.45, 7) is -0.144. The first-order valence-electron chi connectivity index (χ1n) is 7.86. The van der Waals surface area contributed by atoms with Gasteiger partial charge in [-0.05, 0) is 17.7 Å². The molecule has 0 saturated carbocycles. The van der Waals surface area contributed by atoms with Crippen molar-refractivity contribution in [3.63, 3.8) is 0 Å². The number of benzene rings is 2. The van der Waals surface area contributed by atoms with Crippen LogP contribution in [-0.2, 0) is 12.7 Å². The van der Waals surface area contributed by atoms with Crippen molar-refractivity contribution in [1.82, 2.24) is 0 Å². The van der Waals surface area contributed by atoms with Crippen molar-refractivity contribution in [2.45, 2.75) is 12.7 Å². The maximum Gasteiger partial charge on any atom is 0.419 e. The summed E-state index contributed by atoms with van der Waals surface area (Å²) in [5, 5.41) is 10.5.